The molecule has 1 N–H and O–H groups in total. The minimum absolute atomic E-state index is 0.105. The lowest BCUT2D eigenvalue weighted by atomic mass is 9.95. The van der Waals surface area contributed by atoms with Crippen LogP contribution in [0, 0.1) is 20.8 Å². The molecule has 1 aliphatic rings. The summed E-state index contributed by atoms with van der Waals surface area (Å²) in [4.78, 5) is 0. The van der Waals surface area contributed by atoms with E-state index in [0.29, 0.717) is 12.2 Å². The van der Waals surface area contributed by atoms with Crippen LogP contribution < -0.4 is 5.32 Å². The quantitative estimate of drug-likeness (QED) is 0.900. The number of hydrogen-bond acceptors (Lipinski definition) is 2. The van der Waals surface area contributed by atoms with Crippen LogP contribution >= 0.6 is 0 Å². The van der Waals surface area contributed by atoms with E-state index < -0.39 is 12.5 Å². The number of rotatable bonds is 2. The highest BCUT2D eigenvalue weighted by molar-refractivity contribution is 5.44. The second-order valence-electron chi connectivity index (χ2n) is 5.79. The van der Waals surface area contributed by atoms with E-state index in [2.05, 4.69) is 16.5 Å². The first-order valence-corrected chi connectivity index (χ1v) is 7.13. The average Bonchev–Trinajstić information content (AvgIpc) is 2.80. The van der Waals surface area contributed by atoms with Gasteiger partial charge in [-0.15, -0.1) is 0 Å². The molecule has 0 fully saturated rings. The Hall–Kier alpha value is -1.91. The zero-order chi connectivity index (χ0) is 15.1. The summed E-state index contributed by atoms with van der Waals surface area (Å²) in [6.07, 6.45) is -2.08. The van der Waals surface area contributed by atoms with Gasteiger partial charge in [-0.25, -0.2) is 13.5 Å². The van der Waals surface area contributed by atoms with E-state index in [1.54, 1.807) is 0 Å². The third-order valence-corrected chi connectivity index (χ3v) is 4.20. The van der Waals surface area contributed by atoms with Crippen LogP contribution in [-0.4, -0.2) is 16.2 Å². The molecule has 1 aliphatic heterocycles. The summed E-state index contributed by atoms with van der Waals surface area (Å²) in [5.74, 6) is 0.673. The van der Waals surface area contributed by atoms with E-state index in [1.165, 1.54) is 15.8 Å². The maximum Gasteiger partial charge on any atom is 0.260 e. The fourth-order valence-corrected chi connectivity index (χ4v) is 2.87. The van der Waals surface area contributed by atoms with Gasteiger partial charge in [-0.2, -0.15) is 5.10 Å². The Morgan fingerprint density at radius 2 is 1.95 bits per heavy atom. The third-order valence-electron chi connectivity index (χ3n) is 4.20. The molecule has 2 aromatic rings. The van der Waals surface area contributed by atoms with E-state index in [9.17, 15) is 8.78 Å². The molecule has 112 valence electrons. The van der Waals surface area contributed by atoms with Gasteiger partial charge in [-0.05, 0) is 43.9 Å². The van der Waals surface area contributed by atoms with Crippen LogP contribution in [0.25, 0.3) is 0 Å². The van der Waals surface area contributed by atoms with Gasteiger partial charge in [0.1, 0.15) is 11.9 Å². The molecule has 0 saturated heterocycles. The topological polar surface area (TPSA) is 29.9 Å². The first kappa shape index (κ1) is 14.0. The smallest absolute Gasteiger partial charge is 0.260 e. The van der Waals surface area contributed by atoms with Crippen LogP contribution in [0.5, 0.6) is 0 Å². The molecule has 2 heterocycles. The maximum atomic E-state index is 13.4. The van der Waals surface area contributed by atoms with Crippen molar-refractivity contribution in [3.8, 4) is 0 Å². The van der Waals surface area contributed by atoms with E-state index >= 15 is 0 Å². The first-order valence-electron chi connectivity index (χ1n) is 7.13. The summed E-state index contributed by atoms with van der Waals surface area (Å²) < 4.78 is 28.1. The first-order chi connectivity index (χ1) is 9.95. The van der Waals surface area contributed by atoms with Crippen molar-refractivity contribution in [2.24, 2.45) is 0 Å². The van der Waals surface area contributed by atoms with Gasteiger partial charge in [0.05, 0.1) is 11.7 Å². The number of nitrogens with zero attached hydrogens (tertiary/aromatic N) is 2. The van der Waals surface area contributed by atoms with Crippen molar-refractivity contribution in [3.63, 3.8) is 0 Å². The third kappa shape index (κ3) is 2.52. The van der Waals surface area contributed by atoms with Crippen molar-refractivity contribution in [1.82, 2.24) is 9.78 Å². The van der Waals surface area contributed by atoms with E-state index in [4.69, 9.17) is 0 Å². The molecule has 2 unspecified atom stereocenters. The van der Waals surface area contributed by atoms with Gasteiger partial charge in [0.2, 0.25) is 0 Å². The lowest BCUT2D eigenvalue weighted by Gasteiger charge is -2.32. The molecule has 2 atom stereocenters. The zero-order valence-electron chi connectivity index (χ0n) is 12.4. The second kappa shape index (κ2) is 5.13. The van der Waals surface area contributed by atoms with Crippen LogP contribution in [-0.2, 0) is 0 Å². The molecular formula is C16H19F2N3. The monoisotopic (exact) mass is 291 g/mol. The predicted molar refractivity (Wildman–Crippen MR) is 78.9 cm³/mol. The number of anilines is 1. The molecule has 0 spiro atoms. The maximum absolute atomic E-state index is 13.4. The lowest BCUT2D eigenvalue weighted by Crippen LogP contribution is -2.30. The van der Waals surface area contributed by atoms with Crippen molar-refractivity contribution in [1.29, 1.82) is 0 Å². The molecule has 21 heavy (non-hydrogen) atoms. The zero-order valence-corrected chi connectivity index (χ0v) is 12.4. The fourth-order valence-electron chi connectivity index (χ4n) is 2.87. The van der Waals surface area contributed by atoms with Gasteiger partial charge in [0.25, 0.3) is 6.43 Å². The Kier molecular flexibility index (Phi) is 3.43. The van der Waals surface area contributed by atoms with Crippen molar-refractivity contribution in [2.75, 3.05) is 5.32 Å². The predicted octanol–water partition coefficient (Wildman–Crippen LogP) is 4.17. The Bertz CT molecular complexity index is 664. The number of benzene rings is 1. The second-order valence-corrected chi connectivity index (χ2v) is 5.79. The van der Waals surface area contributed by atoms with Gasteiger partial charge in [0.15, 0.2) is 0 Å². The highest BCUT2D eigenvalue weighted by Gasteiger charge is 2.34. The molecule has 0 bridgehead atoms. The Balaban J connectivity index is 1.97. The van der Waals surface area contributed by atoms with Crippen LogP contribution in [0.15, 0.2) is 24.3 Å². The van der Waals surface area contributed by atoms with Crippen molar-refractivity contribution < 1.29 is 8.78 Å². The summed E-state index contributed by atoms with van der Waals surface area (Å²) >= 11 is 0. The molecule has 3 nitrogen and oxygen atoms in total. The molecule has 1 aromatic carbocycles. The molecule has 0 amide bonds. The average molecular weight is 291 g/mol. The Morgan fingerprint density at radius 1 is 1.19 bits per heavy atom. The lowest BCUT2D eigenvalue weighted by molar-refractivity contribution is 0.0657. The molecular weight excluding hydrogens is 272 g/mol. The van der Waals surface area contributed by atoms with Crippen LogP contribution in [0.3, 0.4) is 0 Å². The number of fused-ring (bicyclic) bond motifs is 1. The number of aromatic nitrogens is 2. The minimum atomic E-state index is -2.42. The van der Waals surface area contributed by atoms with Gasteiger partial charge in [-0.3, -0.25) is 0 Å². The van der Waals surface area contributed by atoms with E-state index in [0.717, 1.165) is 11.3 Å². The Labute approximate surface area is 123 Å². The summed E-state index contributed by atoms with van der Waals surface area (Å²) in [6, 6.07) is 6.98. The number of halogens is 2. The van der Waals surface area contributed by atoms with E-state index in [-0.39, 0.29) is 6.04 Å². The molecule has 5 heteroatoms. The minimum Gasteiger partial charge on any atom is -0.363 e. The standard InChI is InChI=1S/C16H19F2N3/c1-9-4-5-12(6-10(9)2)13-8-14(16(17)18)21-15(19-13)7-11(3)20-21/h4-7,13-14,16,19H,8H2,1-3H3. The summed E-state index contributed by atoms with van der Waals surface area (Å²) in [5, 5.41) is 7.52. The molecule has 0 aliphatic carbocycles. The molecule has 0 saturated carbocycles. The van der Waals surface area contributed by atoms with Gasteiger partial charge in [-0.1, -0.05) is 18.2 Å². The van der Waals surface area contributed by atoms with Gasteiger partial charge < -0.3 is 5.32 Å². The summed E-state index contributed by atoms with van der Waals surface area (Å²) in [5.41, 5.74) is 4.19. The number of alkyl halides is 2. The summed E-state index contributed by atoms with van der Waals surface area (Å²) in [6.45, 7) is 5.91. The van der Waals surface area contributed by atoms with Crippen molar-refractivity contribution in [2.45, 2.75) is 45.7 Å². The number of hydrogen-bond donors (Lipinski definition) is 1. The van der Waals surface area contributed by atoms with E-state index in [1.807, 2.05) is 39.0 Å². The number of nitrogens with one attached hydrogen (secondary N) is 1. The van der Waals surface area contributed by atoms with Crippen LogP contribution in [0.4, 0.5) is 14.6 Å². The molecule has 3 rings (SSSR count). The number of aryl methyl sites for hydroxylation is 3. The summed E-state index contributed by atoms with van der Waals surface area (Å²) in [7, 11) is 0. The van der Waals surface area contributed by atoms with Gasteiger partial charge in [0, 0.05) is 6.07 Å². The van der Waals surface area contributed by atoms with Crippen molar-refractivity contribution in [3.05, 3.63) is 46.6 Å². The highest BCUT2D eigenvalue weighted by Crippen LogP contribution is 2.38. The van der Waals surface area contributed by atoms with Crippen LogP contribution in [0.2, 0.25) is 0 Å². The SMILES string of the molecule is Cc1cc2n(n1)C(C(F)F)CC(c1ccc(C)c(C)c1)N2. The van der Waals surface area contributed by atoms with Crippen molar-refractivity contribution >= 4 is 5.82 Å². The largest absolute Gasteiger partial charge is 0.363 e. The highest BCUT2D eigenvalue weighted by atomic mass is 19.3. The molecule has 0 radical (unpaired) electrons. The van der Waals surface area contributed by atoms with Crippen LogP contribution in [0.1, 0.15) is 40.9 Å². The molecule has 1 aromatic heterocycles. The van der Waals surface area contributed by atoms with Gasteiger partial charge >= 0.3 is 0 Å². The fraction of sp³-hybridized carbons (Fsp3) is 0.438. The normalized spacial score (nSPS) is 21.2. The Morgan fingerprint density at radius 3 is 2.62 bits per heavy atom.